The Kier molecular flexibility index (Phi) is 6.59. The van der Waals surface area contributed by atoms with Crippen molar-refractivity contribution in [2.75, 3.05) is 11.9 Å². The first-order valence-electron chi connectivity index (χ1n) is 9.72. The van der Waals surface area contributed by atoms with Gasteiger partial charge in [-0.25, -0.2) is 14.6 Å². The molecule has 2 aromatic heterocycles. The Hall–Kier alpha value is -3.65. The number of carbonyl (C=O) groups excluding carboxylic acids is 1. The number of oxazole rings is 1. The highest BCUT2D eigenvalue weighted by molar-refractivity contribution is 6.33. The van der Waals surface area contributed by atoms with E-state index in [4.69, 9.17) is 20.8 Å². The van der Waals surface area contributed by atoms with E-state index in [1.165, 1.54) is 6.33 Å². The molecule has 0 aliphatic rings. The number of carbonyl (C=O) groups is 1. The molecule has 0 radical (unpaired) electrons. The van der Waals surface area contributed by atoms with Crippen molar-refractivity contribution in [2.45, 2.75) is 19.4 Å². The maximum absolute atomic E-state index is 12.3. The van der Waals surface area contributed by atoms with E-state index in [0.29, 0.717) is 47.7 Å². The number of benzene rings is 2. The van der Waals surface area contributed by atoms with E-state index in [9.17, 15) is 4.79 Å². The third kappa shape index (κ3) is 5.70. The van der Waals surface area contributed by atoms with Crippen LogP contribution >= 0.6 is 11.6 Å². The predicted molar refractivity (Wildman–Crippen MR) is 116 cm³/mol. The summed E-state index contributed by atoms with van der Waals surface area (Å²) in [4.78, 5) is 20.5. The molecule has 2 heterocycles. The number of ether oxygens (including phenoxy) is 1. The van der Waals surface area contributed by atoms with E-state index in [0.717, 1.165) is 5.56 Å². The molecule has 1 N–H and O–H groups in total. The molecular weight excluding hydrogens is 418 g/mol. The first-order chi connectivity index (χ1) is 15.2. The SMILES string of the molecule is O=C(CCc1ncc(-c2ccccc2Cl)o1)Nc1cccc(OCCn2cncn2)c1. The van der Waals surface area contributed by atoms with Crippen LogP contribution in [0.4, 0.5) is 5.69 Å². The molecule has 4 aromatic rings. The number of anilines is 1. The number of hydrogen-bond acceptors (Lipinski definition) is 6. The average molecular weight is 438 g/mol. The maximum Gasteiger partial charge on any atom is 0.224 e. The van der Waals surface area contributed by atoms with Crippen molar-refractivity contribution < 1.29 is 13.9 Å². The second kappa shape index (κ2) is 9.90. The van der Waals surface area contributed by atoms with E-state index in [1.807, 2.05) is 36.4 Å². The molecule has 9 heteroatoms. The van der Waals surface area contributed by atoms with Crippen LogP contribution in [-0.4, -0.2) is 32.3 Å². The van der Waals surface area contributed by atoms with Crippen LogP contribution in [0.15, 0.2) is 71.8 Å². The Labute approximate surface area is 183 Å². The molecule has 0 fully saturated rings. The lowest BCUT2D eigenvalue weighted by Gasteiger charge is -2.09. The molecule has 2 aromatic carbocycles. The van der Waals surface area contributed by atoms with Gasteiger partial charge in [-0.3, -0.25) is 4.79 Å². The number of rotatable bonds is 9. The van der Waals surface area contributed by atoms with Crippen molar-refractivity contribution >= 4 is 23.2 Å². The van der Waals surface area contributed by atoms with Gasteiger partial charge in [-0.05, 0) is 24.3 Å². The number of nitrogens with zero attached hydrogens (tertiary/aromatic N) is 4. The lowest BCUT2D eigenvalue weighted by molar-refractivity contribution is -0.116. The molecule has 0 spiro atoms. The second-order valence-electron chi connectivity index (χ2n) is 6.68. The minimum Gasteiger partial charge on any atom is -0.492 e. The molecule has 0 unspecified atom stereocenters. The molecule has 1 amide bonds. The highest BCUT2D eigenvalue weighted by atomic mass is 35.5. The molecule has 31 heavy (non-hydrogen) atoms. The summed E-state index contributed by atoms with van der Waals surface area (Å²) < 4.78 is 13.1. The number of aromatic nitrogens is 4. The molecule has 8 nitrogen and oxygen atoms in total. The van der Waals surface area contributed by atoms with Crippen LogP contribution in [-0.2, 0) is 17.8 Å². The number of hydrogen-bond donors (Lipinski definition) is 1. The molecular formula is C22H20ClN5O3. The maximum atomic E-state index is 12.3. The zero-order valence-corrected chi connectivity index (χ0v) is 17.3. The van der Waals surface area contributed by atoms with Crippen LogP contribution in [0.5, 0.6) is 5.75 Å². The normalized spacial score (nSPS) is 10.7. The Bertz CT molecular complexity index is 1140. The summed E-state index contributed by atoms with van der Waals surface area (Å²) in [7, 11) is 0. The fourth-order valence-electron chi connectivity index (χ4n) is 2.92. The van der Waals surface area contributed by atoms with Gasteiger partial charge in [0, 0.05) is 30.2 Å². The van der Waals surface area contributed by atoms with Gasteiger partial charge in [0.15, 0.2) is 11.7 Å². The topological polar surface area (TPSA) is 95.1 Å². The van der Waals surface area contributed by atoms with Crippen molar-refractivity contribution in [1.29, 1.82) is 0 Å². The van der Waals surface area contributed by atoms with Gasteiger partial charge in [0.05, 0.1) is 17.8 Å². The largest absolute Gasteiger partial charge is 0.492 e. The van der Waals surface area contributed by atoms with Crippen LogP contribution < -0.4 is 10.1 Å². The summed E-state index contributed by atoms with van der Waals surface area (Å²) in [6.07, 6.45) is 5.34. The van der Waals surface area contributed by atoms with Crippen molar-refractivity contribution in [3.63, 3.8) is 0 Å². The number of aryl methyl sites for hydroxylation is 1. The van der Waals surface area contributed by atoms with Gasteiger partial charge >= 0.3 is 0 Å². The van der Waals surface area contributed by atoms with Gasteiger partial charge in [0.25, 0.3) is 0 Å². The smallest absolute Gasteiger partial charge is 0.224 e. The van der Waals surface area contributed by atoms with Crippen molar-refractivity contribution in [3.05, 3.63) is 78.3 Å². The lowest BCUT2D eigenvalue weighted by atomic mass is 10.2. The third-order valence-corrected chi connectivity index (χ3v) is 4.76. The van der Waals surface area contributed by atoms with Crippen LogP contribution in [0.2, 0.25) is 5.02 Å². The molecule has 0 saturated carbocycles. The summed E-state index contributed by atoms with van der Waals surface area (Å²) in [5.41, 5.74) is 1.43. The minimum atomic E-state index is -0.141. The average Bonchev–Trinajstić information content (AvgIpc) is 3.45. The molecule has 0 atom stereocenters. The summed E-state index contributed by atoms with van der Waals surface area (Å²) in [6, 6.07) is 14.6. The number of nitrogens with one attached hydrogen (secondary N) is 1. The van der Waals surface area contributed by atoms with Gasteiger partial charge < -0.3 is 14.5 Å². The van der Waals surface area contributed by atoms with E-state index in [1.54, 1.807) is 29.3 Å². The summed E-state index contributed by atoms with van der Waals surface area (Å²) >= 11 is 6.19. The highest BCUT2D eigenvalue weighted by Gasteiger charge is 2.11. The van der Waals surface area contributed by atoms with Crippen LogP contribution in [0.3, 0.4) is 0 Å². The predicted octanol–water partition coefficient (Wildman–Crippen LogP) is 4.24. The summed E-state index contributed by atoms with van der Waals surface area (Å²) in [6.45, 7) is 1.03. The van der Waals surface area contributed by atoms with Crippen molar-refractivity contribution in [1.82, 2.24) is 19.7 Å². The van der Waals surface area contributed by atoms with Gasteiger partial charge in [-0.1, -0.05) is 29.8 Å². The van der Waals surface area contributed by atoms with Gasteiger partial charge in [-0.2, -0.15) is 5.10 Å². The van der Waals surface area contributed by atoms with Gasteiger partial charge in [0.2, 0.25) is 5.91 Å². The Morgan fingerprint density at radius 3 is 2.94 bits per heavy atom. The fourth-order valence-corrected chi connectivity index (χ4v) is 3.15. The van der Waals surface area contributed by atoms with E-state index in [2.05, 4.69) is 20.4 Å². The van der Waals surface area contributed by atoms with Crippen LogP contribution in [0.25, 0.3) is 11.3 Å². The zero-order valence-electron chi connectivity index (χ0n) is 16.6. The van der Waals surface area contributed by atoms with E-state index >= 15 is 0 Å². The van der Waals surface area contributed by atoms with E-state index in [-0.39, 0.29) is 12.3 Å². The molecule has 0 aliphatic carbocycles. The summed E-state index contributed by atoms with van der Waals surface area (Å²) in [5, 5.41) is 7.48. The van der Waals surface area contributed by atoms with Crippen molar-refractivity contribution in [3.8, 4) is 17.1 Å². The van der Waals surface area contributed by atoms with E-state index < -0.39 is 0 Å². The second-order valence-corrected chi connectivity index (χ2v) is 7.09. The van der Waals surface area contributed by atoms with Gasteiger partial charge in [-0.15, -0.1) is 0 Å². The first-order valence-corrected chi connectivity index (χ1v) is 10.1. The number of amides is 1. The van der Waals surface area contributed by atoms with Crippen LogP contribution in [0, 0.1) is 0 Å². The van der Waals surface area contributed by atoms with Gasteiger partial charge in [0.1, 0.15) is 25.0 Å². The fraction of sp³-hybridized carbons (Fsp3) is 0.182. The Morgan fingerprint density at radius 1 is 1.19 bits per heavy atom. The molecule has 158 valence electrons. The van der Waals surface area contributed by atoms with Crippen molar-refractivity contribution in [2.24, 2.45) is 0 Å². The number of halogens is 1. The highest BCUT2D eigenvalue weighted by Crippen LogP contribution is 2.28. The Morgan fingerprint density at radius 2 is 2.10 bits per heavy atom. The Balaban J connectivity index is 1.27. The van der Waals surface area contributed by atoms with Crippen LogP contribution in [0.1, 0.15) is 12.3 Å². The summed E-state index contributed by atoms with van der Waals surface area (Å²) in [5.74, 6) is 1.58. The lowest BCUT2D eigenvalue weighted by Crippen LogP contribution is -2.13. The standard InChI is InChI=1S/C22H20ClN5O3/c23-19-7-2-1-6-18(19)20-13-25-22(31-20)9-8-21(29)27-16-4-3-5-17(12-16)30-11-10-28-15-24-14-26-28/h1-7,12-15H,8-11H2,(H,27,29). The monoisotopic (exact) mass is 437 g/mol. The molecule has 0 bridgehead atoms. The molecule has 4 rings (SSSR count). The minimum absolute atomic E-state index is 0.141. The molecule has 0 aliphatic heterocycles. The first kappa shape index (κ1) is 20.6. The zero-order chi connectivity index (χ0) is 21.5. The molecule has 0 saturated heterocycles. The third-order valence-electron chi connectivity index (χ3n) is 4.43. The quantitative estimate of drug-likeness (QED) is 0.421.